The molecule has 0 fully saturated rings. The Balaban J connectivity index is 4.60. The van der Waals surface area contributed by atoms with Crippen molar-refractivity contribution >= 4 is 35.1 Å². The molecule has 0 aliphatic rings. The molecule has 0 aliphatic heterocycles. The van der Waals surface area contributed by atoms with Gasteiger partial charge < -0.3 is 10.0 Å². The van der Waals surface area contributed by atoms with Crippen molar-refractivity contribution in [2.24, 2.45) is 0 Å². The summed E-state index contributed by atoms with van der Waals surface area (Å²) in [5.41, 5.74) is -0.683. The molecule has 0 aliphatic carbocycles. The number of hydrogen-bond acceptors (Lipinski definition) is 2. The van der Waals surface area contributed by atoms with Gasteiger partial charge in [-0.15, -0.1) is 11.6 Å². The Morgan fingerprint density at radius 1 is 1.46 bits per heavy atom. The molecule has 0 aromatic heterocycles. The lowest BCUT2D eigenvalue weighted by molar-refractivity contribution is -0.149. The molecule has 0 bridgehead atoms. The number of carboxylic acid groups (broad SMARTS) is 1. The molecule has 0 saturated carbocycles. The summed E-state index contributed by atoms with van der Waals surface area (Å²) in [4.78, 5) is 22.7. The van der Waals surface area contributed by atoms with E-state index >= 15 is 0 Å². The third-order valence-electron chi connectivity index (χ3n) is 1.56. The number of halogens is 2. The van der Waals surface area contributed by atoms with Gasteiger partial charge >= 0.3 is 5.97 Å². The van der Waals surface area contributed by atoms with E-state index in [4.69, 9.17) is 28.3 Å². The van der Waals surface area contributed by atoms with Gasteiger partial charge in [0.25, 0.3) is 0 Å². The fraction of sp³-hybridized carbons (Fsp3) is 0.714. The topological polar surface area (TPSA) is 57.6 Å². The van der Waals surface area contributed by atoms with E-state index in [2.05, 4.69) is 0 Å². The average Bonchev–Trinajstić information content (AvgIpc) is 2.03. The Bertz CT molecular complexity index is 208. The highest BCUT2D eigenvalue weighted by Gasteiger charge is 2.27. The van der Waals surface area contributed by atoms with Crippen molar-refractivity contribution in [3.05, 3.63) is 0 Å². The van der Waals surface area contributed by atoms with Crippen LogP contribution in [0.25, 0.3) is 0 Å². The number of alkyl halides is 2. The van der Waals surface area contributed by atoms with E-state index in [1.807, 2.05) is 0 Å². The van der Waals surface area contributed by atoms with Crippen molar-refractivity contribution < 1.29 is 14.7 Å². The van der Waals surface area contributed by atoms with Crippen molar-refractivity contribution in [3.8, 4) is 0 Å². The van der Waals surface area contributed by atoms with E-state index in [9.17, 15) is 9.59 Å². The summed E-state index contributed by atoms with van der Waals surface area (Å²) < 4.78 is 0. The Labute approximate surface area is 86.4 Å². The van der Waals surface area contributed by atoms with Gasteiger partial charge in [0.15, 0.2) is 0 Å². The summed E-state index contributed by atoms with van der Waals surface area (Å²) in [5, 5.41) is 8.65. The Morgan fingerprint density at radius 2 is 1.92 bits per heavy atom. The molecule has 1 amide bonds. The number of amides is 1. The molecule has 0 aromatic carbocycles. The maximum Gasteiger partial charge on any atom is 0.326 e. The van der Waals surface area contributed by atoms with E-state index in [0.29, 0.717) is 0 Å². The van der Waals surface area contributed by atoms with Crippen LogP contribution in [0.2, 0.25) is 0 Å². The SMILES string of the molecule is CC(Cl)N(C(=O)CCl)C(C)C(=O)O. The van der Waals surface area contributed by atoms with Gasteiger partial charge in [-0.1, -0.05) is 11.6 Å². The lowest BCUT2D eigenvalue weighted by Crippen LogP contribution is -2.47. The zero-order valence-electron chi connectivity index (χ0n) is 7.33. The summed E-state index contributed by atoms with van der Waals surface area (Å²) in [6.45, 7) is 2.90. The van der Waals surface area contributed by atoms with Crippen molar-refractivity contribution in [1.29, 1.82) is 0 Å². The fourth-order valence-corrected chi connectivity index (χ4v) is 1.33. The average molecular weight is 228 g/mol. The molecule has 6 heteroatoms. The van der Waals surface area contributed by atoms with Gasteiger partial charge in [-0.2, -0.15) is 0 Å². The molecule has 0 rings (SSSR count). The first-order valence-corrected chi connectivity index (χ1v) is 4.63. The van der Waals surface area contributed by atoms with Crippen molar-refractivity contribution in [1.82, 2.24) is 4.90 Å². The number of aliphatic carboxylic acids is 1. The van der Waals surface area contributed by atoms with Crippen LogP contribution in [0.15, 0.2) is 0 Å². The summed E-state index contributed by atoms with van der Waals surface area (Å²) >= 11 is 10.9. The Kier molecular flexibility index (Phi) is 5.10. The maximum absolute atomic E-state index is 11.1. The quantitative estimate of drug-likeness (QED) is 0.579. The number of nitrogens with zero attached hydrogens (tertiary/aromatic N) is 1. The van der Waals surface area contributed by atoms with E-state index < -0.39 is 23.4 Å². The number of carboxylic acids is 1. The van der Waals surface area contributed by atoms with E-state index in [1.54, 1.807) is 0 Å². The number of rotatable bonds is 4. The normalized spacial score (nSPS) is 14.8. The van der Waals surface area contributed by atoms with Crippen LogP contribution in [0.3, 0.4) is 0 Å². The van der Waals surface area contributed by atoms with Crippen molar-refractivity contribution in [2.45, 2.75) is 25.4 Å². The summed E-state index contributed by atoms with van der Waals surface area (Å²) in [5.74, 6) is -1.86. The van der Waals surface area contributed by atoms with Crippen LogP contribution in [-0.2, 0) is 9.59 Å². The predicted octanol–water partition coefficient (Wildman–Crippen LogP) is 1.11. The van der Waals surface area contributed by atoms with E-state index in [-0.39, 0.29) is 5.88 Å². The Morgan fingerprint density at radius 3 is 2.15 bits per heavy atom. The zero-order valence-corrected chi connectivity index (χ0v) is 8.84. The van der Waals surface area contributed by atoms with Gasteiger partial charge in [0, 0.05) is 0 Å². The zero-order chi connectivity index (χ0) is 10.6. The maximum atomic E-state index is 11.1. The molecule has 2 unspecified atom stereocenters. The van der Waals surface area contributed by atoms with E-state index in [0.717, 1.165) is 4.90 Å². The number of carbonyl (C=O) groups is 2. The third-order valence-corrected chi connectivity index (χ3v) is 2.00. The fourth-order valence-electron chi connectivity index (χ4n) is 0.911. The molecular weight excluding hydrogens is 217 g/mol. The second-order valence-electron chi connectivity index (χ2n) is 2.52. The second kappa shape index (κ2) is 5.29. The van der Waals surface area contributed by atoms with Gasteiger partial charge in [-0.25, -0.2) is 4.79 Å². The third kappa shape index (κ3) is 3.40. The van der Waals surface area contributed by atoms with Crippen molar-refractivity contribution in [3.63, 3.8) is 0 Å². The Hall–Kier alpha value is -0.480. The lowest BCUT2D eigenvalue weighted by Gasteiger charge is -2.27. The van der Waals surface area contributed by atoms with Crippen LogP contribution < -0.4 is 0 Å². The summed E-state index contributed by atoms with van der Waals surface area (Å²) in [6, 6.07) is -0.959. The summed E-state index contributed by atoms with van der Waals surface area (Å²) in [6.07, 6.45) is 0. The van der Waals surface area contributed by atoms with Gasteiger partial charge in [0.1, 0.15) is 17.4 Å². The molecule has 0 heterocycles. The highest BCUT2D eigenvalue weighted by Crippen LogP contribution is 2.10. The van der Waals surface area contributed by atoms with Crippen LogP contribution in [0.5, 0.6) is 0 Å². The van der Waals surface area contributed by atoms with E-state index in [1.165, 1.54) is 13.8 Å². The van der Waals surface area contributed by atoms with Crippen molar-refractivity contribution in [2.75, 3.05) is 5.88 Å². The van der Waals surface area contributed by atoms with Gasteiger partial charge in [0.2, 0.25) is 5.91 Å². The smallest absolute Gasteiger partial charge is 0.326 e. The molecule has 76 valence electrons. The van der Waals surface area contributed by atoms with Crippen LogP contribution >= 0.6 is 23.2 Å². The highest BCUT2D eigenvalue weighted by molar-refractivity contribution is 6.28. The minimum Gasteiger partial charge on any atom is -0.480 e. The summed E-state index contributed by atoms with van der Waals surface area (Å²) in [7, 11) is 0. The first kappa shape index (κ1) is 12.5. The van der Waals surface area contributed by atoms with Crippen LogP contribution in [-0.4, -0.2) is 39.3 Å². The molecule has 4 nitrogen and oxygen atoms in total. The van der Waals surface area contributed by atoms with Crippen LogP contribution in [0.4, 0.5) is 0 Å². The van der Waals surface area contributed by atoms with Gasteiger partial charge in [-0.3, -0.25) is 4.79 Å². The lowest BCUT2D eigenvalue weighted by atomic mass is 10.3. The first-order valence-electron chi connectivity index (χ1n) is 3.65. The molecule has 0 spiro atoms. The minimum atomic E-state index is -1.11. The van der Waals surface area contributed by atoms with Crippen LogP contribution in [0.1, 0.15) is 13.8 Å². The molecule has 2 atom stereocenters. The number of hydrogen-bond donors (Lipinski definition) is 1. The monoisotopic (exact) mass is 227 g/mol. The minimum absolute atomic E-state index is 0.269. The van der Waals surface area contributed by atoms with Gasteiger partial charge in [0.05, 0.1) is 0 Å². The second-order valence-corrected chi connectivity index (χ2v) is 3.42. The largest absolute Gasteiger partial charge is 0.480 e. The standard InChI is InChI=1S/C7H11Cl2NO3/c1-4(7(12)13)10(5(2)9)6(11)3-8/h4-5H,3H2,1-2H3,(H,12,13). The molecular formula is C7H11Cl2NO3. The molecule has 0 saturated heterocycles. The molecule has 0 radical (unpaired) electrons. The highest BCUT2D eigenvalue weighted by atomic mass is 35.5. The number of carbonyl (C=O) groups excluding carboxylic acids is 1. The predicted molar refractivity (Wildman–Crippen MR) is 50.0 cm³/mol. The van der Waals surface area contributed by atoms with Crippen LogP contribution in [0, 0.1) is 0 Å². The first-order chi connectivity index (χ1) is 5.91. The van der Waals surface area contributed by atoms with Gasteiger partial charge in [-0.05, 0) is 13.8 Å². The molecule has 13 heavy (non-hydrogen) atoms. The molecule has 0 aromatic rings. The molecule has 1 N–H and O–H groups in total.